The van der Waals surface area contributed by atoms with Gasteiger partial charge in [0.2, 0.25) is 6.41 Å². The van der Waals surface area contributed by atoms with Crippen molar-refractivity contribution in [1.29, 1.82) is 5.26 Å². The van der Waals surface area contributed by atoms with Crippen molar-refractivity contribution in [3.05, 3.63) is 69.9 Å². The number of carbonyl (C=O) groups excluding carboxylic acids is 2. The fourth-order valence-corrected chi connectivity index (χ4v) is 4.05. The normalized spacial score (nSPS) is 16.7. The number of nitriles is 1. The molecule has 0 atom stereocenters. The highest BCUT2D eigenvalue weighted by atomic mass is 16.5. The van der Waals surface area contributed by atoms with Crippen LogP contribution in [0.4, 0.5) is 0 Å². The fourth-order valence-electron chi connectivity index (χ4n) is 4.05. The van der Waals surface area contributed by atoms with Crippen LogP contribution < -0.4 is 4.74 Å². The summed E-state index contributed by atoms with van der Waals surface area (Å²) in [6, 6.07) is 12.7. The Morgan fingerprint density at radius 3 is 2.66 bits per heavy atom. The molecule has 29 heavy (non-hydrogen) atoms. The van der Waals surface area contributed by atoms with Gasteiger partial charge in [0.15, 0.2) is 0 Å². The maximum Gasteiger partial charge on any atom is 0.259 e. The lowest BCUT2D eigenvalue weighted by Crippen LogP contribution is -2.45. The molecule has 2 aliphatic heterocycles. The van der Waals surface area contributed by atoms with Crippen LogP contribution in [0.25, 0.3) is 5.70 Å². The maximum absolute atomic E-state index is 13.2. The first-order valence-corrected chi connectivity index (χ1v) is 9.11. The van der Waals surface area contributed by atoms with Crippen LogP contribution in [0.2, 0.25) is 0 Å². The third-order valence-electron chi connectivity index (χ3n) is 5.36. The molecule has 2 heterocycles. The van der Waals surface area contributed by atoms with Crippen molar-refractivity contribution < 1.29 is 19.5 Å². The van der Waals surface area contributed by atoms with Crippen LogP contribution in [0, 0.1) is 18.3 Å². The highest BCUT2D eigenvalue weighted by Gasteiger charge is 2.44. The molecule has 0 fully saturated rings. The van der Waals surface area contributed by atoms with E-state index in [1.165, 1.54) is 4.90 Å². The lowest BCUT2D eigenvalue weighted by molar-refractivity contribution is -0.146. The van der Waals surface area contributed by atoms with Gasteiger partial charge in [-0.2, -0.15) is 10.3 Å². The zero-order valence-corrected chi connectivity index (χ0v) is 16.3. The van der Waals surface area contributed by atoms with E-state index >= 15 is 0 Å². The van der Waals surface area contributed by atoms with Gasteiger partial charge in [0, 0.05) is 11.1 Å². The third kappa shape index (κ3) is 2.69. The number of benzene rings is 2. The standard InChI is InChI=1S/C22H19N3O4/c1-13-14(10-23)8-9-17-18(13)19(20(25(28)12-26)22(2,3)29-17)24-11-15-6-4-5-7-16(15)21(24)27/h4-9,12,28H,11H2,1-3H3. The van der Waals surface area contributed by atoms with Crippen LogP contribution in [0.15, 0.2) is 42.1 Å². The minimum Gasteiger partial charge on any atom is -0.481 e. The van der Waals surface area contributed by atoms with E-state index in [9.17, 15) is 20.1 Å². The summed E-state index contributed by atoms with van der Waals surface area (Å²) < 4.78 is 6.07. The molecule has 0 saturated heterocycles. The number of amides is 2. The third-order valence-corrected chi connectivity index (χ3v) is 5.36. The van der Waals surface area contributed by atoms with Gasteiger partial charge in [-0.3, -0.25) is 14.8 Å². The Bertz CT molecular complexity index is 1130. The van der Waals surface area contributed by atoms with E-state index in [1.54, 1.807) is 45.0 Å². The molecule has 2 amide bonds. The molecule has 0 saturated carbocycles. The zero-order chi connectivity index (χ0) is 20.9. The number of hydrogen-bond acceptors (Lipinski definition) is 5. The quantitative estimate of drug-likeness (QED) is 0.494. The fraction of sp³-hybridized carbons (Fsp3) is 0.227. The molecular formula is C22H19N3O4. The van der Waals surface area contributed by atoms with Gasteiger partial charge in [-0.1, -0.05) is 18.2 Å². The number of hydrogen-bond donors (Lipinski definition) is 1. The SMILES string of the molecule is Cc1c(C#N)ccc2c1C(N1Cc3ccccc3C1=O)=C(N(O)C=O)C(C)(C)O2. The Labute approximate surface area is 168 Å². The molecule has 7 heteroatoms. The zero-order valence-electron chi connectivity index (χ0n) is 16.3. The molecular weight excluding hydrogens is 370 g/mol. The lowest BCUT2D eigenvalue weighted by Gasteiger charge is -2.41. The molecule has 0 radical (unpaired) electrons. The largest absolute Gasteiger partial charge is 0.481 e. The van der Waals surface area contributed by atoms with E-state index in [0.29, 0.717) is 38.8 Å². The molecule has 146 valence electrons. The van der Waals surface area contributed by atoms with Crippen LogP contribution in [-0.4, -0.2) is 33.1 Å². The number of rotatable bonds is 3. The molecule has 2 aromatic carbocycles. The summed E-state index contributed by atoms with van der Waals surface area (Å²) in [5.74, 6) is 0.242. The van der Waals surface area contributed by atoms with Gasteiger partial charge in [0.25, 0.3) is 5.91 Å². The number of hydroxylamine groups is 2. The summed E-state index contributed by atoms with van der Waals surface area (Å²) in [5, 5.41) is 20.4. The van der Waals surface area contributed by atoms with Gasteiger partial charge in [0.1, 0.15) is 17.0 Å². The Balaban J connectivity index is 2.04. The molecule has 1 N–H and O–H groups in total. The summed E-state index contributed by atoms with van der Waals surface area (Å²) in [6.07, 6.45) is 0.266. The number of carbonyl (C=O) groups is 2. The van der Waals surface area contributed by atoms with Crippen molar-refractivity contribution in [2.24, 2.45) is 0 Å². The van der Waals surface area contributed by atoms with Gasteiger partial charge in [-0.15, -0.1) is 0 Å². The second kappa shape index (κ2) is 6.47. The summed E-state index contributed by atoms with van der Waals surface area (Å²) in [7, 11) is 0. The molecule has 2 aromatic rings. The van der Waals surface area contributed by atoms with E-state index in [1.807, 2.05) is 12.1 Å². The minimum absolute atomic E-state index is 0.138. The first-order chi connectivity index (χ1) is 13.8. The van der Waals surface area contributed by atoms with E-state index < -0.39 is 5.60 Å². The van der Waals surface area contributed by atoms with Crippen molar-refractivity contribution in [2.75, 3.05) is 0 Å². The van der Waals surface area contributed by atoms with Gasteiger partial charge < -0.3 is 9.64 Å². The van der Waals surface area contributed by atoms with Crippen molar-refractivity contribution in [3.8, 4) is 11.8 Å². The van der Waals surface area contributed by atoms with Crippen LogP contribution in [0.1, 0.15) is 46.5 Å². The van der Waals surface area contributed by atoms with Crippen molar-refractivity contribution in [3.63, 3.8) is 0 Å². The van der Waals surface area contributed by atoms with E-state index in [-0.39, 0.29) is 24.6 Å². The second-order valence-corrected chi connectivity index (χ2v) is 7.53. The molecule has 2 aliphatic rings. The molecule has 0 bridgehead atoms. The van der Waals surface area contributed by atoms with Crippen molar-refractivity contribution >= 4 is 18.0 Å². The predicted molar refractivity (Wildman–Crippen MR) is 104 cm³/mol. The van der Waals surface area contributed by atoms with Crippen molar-refractivity contribution in [1.82, 2.24) is 9.96 Å². The molecule has 0 spiro atoms. The van der Waals surface area contributed by atoms with Crippen LogP contribution in [0.3, 0.4) is 0 Å². The molecule has 0 unspecified atom stereocenters. The maximum atomic E-state index is 13.2. The van der Waals surface area contributed by atoms with Crippen LogP contribution in [0.5, 0.6) is 5.75 Å². The molecule has 0 aromatic heterocycles. The smallest absolute Gasteiger partial charge is 0.259 e. The van der Waals surface area contributed by atoms with E-state index in [0.717, 1.165) is 5.56 Å². The first kappa shape index (κ1) is 18.7. The van der Waals surface area contributed by atoms with Crippen LogP contribution in [-0.2, 0) is 11.3 Å². The van der Waals surface area contributed by atoms with Gasteiger partial charge >= 0.3 is 0 Å². The summed E-state index contributed by atoms with van der Waals surface area (Å²) in [6.45, 7) is 5.46. The van der Waals surface area contributed by atoms with Crippen LogP contribution >= 0.6 is 0 Å². The van der Waals surface area contributed by atoms with Crippen molar-refractivity contribution in [2.45, 2.75) is 32.9 Å². The topological polar surface area (TPSA) is 93.9 Å². The summed E-state index contributed by atoms with van der Waals surface area (Å²) in [4.78, 5) is 26.3. The van der Waals surface area contributed by atoms with Gasteiger partial charge in [-0.05, 0) is 50.1 Å². The molecule has 0 aliphatic carbocycles. The van der Waals surface area contributed by atoms with Gasteiger partial charge in [0.05, 0.1) is 23.9 Å². The summed E-state index contributed by atoms with van der Waals surface area (Å²) in [5.41, 5.74) is 2.35. The Morgan fingerprint density at radius 1 is 1.28 bits per heavy atom. The highest BCUT2D eigenvalue weighted by molar-refractivity contribution is 6.04. The molecule has 4 rings (SSSR count). The Hall–Kier alpha value is -3.63. The van der Waals surface area contributed by atoms with E-state index in [2.05, 4.69) is 6.07 Å². The second-order valence-electron chi connectivity index (χ2n) is 7.53. The Morgan fingerprint density at radius 2 is 2.00 bits per heavy atom. The average Bonchev–Trinajstić information content (AvgIpc) is 3.03. The number of ether oxygens (including phenoxy) is 1. The average molecular weight is 389 g/mol. The lowest BCUT2D eigenvalue weighted by atomic mass is 9.89. The predicted octanol–water partition coefficient (Wildman–Crippen LogP) is 3.21. The number of nitrogens with zero attached hydrogens (tertiary/aromatic N) is 3. The molecule has 7 nitrogen and oxygen atoms in total. The Kier molecular flexibility index (Phi) is 4.17. The summed E-state index contributed by atoms with van der Waals surface area (Å²) >= 11 is 0. The minimum atomic E-state index is -1.10. The van der Waals surface area contributed by atoms with Gasteiger partial charge in [-0.25, -0.2) is 0 Å². The monoisotopic (exact) mass is 389 g/mol. The first-order valence-electron chi connectivity index (χ1n) is 9.11. The highest BCUT2D eigenvalue weighted by Crippen LogP contribution is 2.47. The number of fused-ring (bicyclic) bond motifs is 2. The van der Waals surface area contributed by atoms with E-state index in [4.69, 9.17) is 4.74 Å².